The number of hydrogen-bond donors (Lipinski definition) is 3. The molecule has 2 aromatic carbocycles. The number of phenols is 2. The Bertz CT molecular complexity index is 822. The molecule has 0 saturated carbocycles. The van der Waals surface area contributed by atoms with Crippen LogP contribution in [0.2, 0.25) is 0 Å². The molecule has 0 unspecified atom stereocenters. The second-order valence-electron chi connectivity index (χ2n) is 6.29. The van der Waals surface area contributed by atoms with Crippen molar-refractivity contribution in [3.8, 4) is 23.0 Å². The zero-order valence-electron chi connectivity index (χ0n) is 14.8. The van der Waals surface area contributed by atoms with Gasteiger partial charge in [-0.2, -0.15) is 0 Å². The van der Waals surface area contributed by atoms with E-state index < -0.39 is 5.97 Å². The lowest BCUT2D eigenvalue weighted by Crippen LogP contribution is -2.01. The molecule has 0 amide bonds. The van der Waals surface area contributed by atoms with E-state index in [1.807, 2.05) is 26.8 Å². The van der Waals surface area contributed by atoms with E-state index in [0.29, 0.717) is 29.0 Å². The molecule has 5 nitrogen and oxygen atoms in total. The van der Waals surface area contributed by atoms with Crippen LogP contribution in [0, 0.1) is 13.8 Å². The quantitative estimate of drug-likeness (QED) is 0.685. The lowest BCUT2D eigenvalue weighted by molar-refractivity contribution is 0.0693. The molecule has 0 aliphatic carbocycles. The SMILES string of the molecule is CC(C)=CCc1c(O)cc(C)cc1Oc1cc(C)c(C(=O)O)c(O)c1. The number of aromatic hydroxyl groups is 2. The van der Waals surface area contributed by atoms with Gasteiger partial charge in [-0.1, -0.05) is 11.6 Å². The maximum Gasteiger partial charge on any atom is 0.339 e. The number of allylic oxidation sites excluding steroid dienone is 2. The van der Waals surface area contributed by atoms with Gasteiger partial charge in [0.1, 0.15) is 28.6 Å². The van der Waals surface area contributed by atoms with Gasteiger partial charge in [-0.05, 0) is 63.4 Å². The van der Waals surface area contributed by atoms with Gasteiger partial charge in [0.05, 0.1) is 0 Å². The second kappa shape index (κ2) is 7.30. The fourth-order valence-corrected chi connectivity index (χ4v) is 2.57. The predicted octanol–water partition coefficient (Wildman–Crippen LogP) is 4.71. The summed E-state index contributed by atoms with van der Waals surface area (Å²) < 4.78 is 5.86. The number of phenolic OH excluding ortho intramolecular Hbond substituents is 1. The molecule has 0 fully saturated rings. The van der Waals surface area contributed by atoms with Crippen LogP contribution >= 0.6 is 0 Å². The molecule has 25 heavy (non-hydrogen) atoms. The van der Waals surface area contributed by atoms with Crippen molar-refractivity contribution in [1.29, 1.82) is 0 Å². The summed E-state index contributed by atoms with van der Waals surface area (Å²) in [7, 11) is 0. The minimum atomic E-state index is -1.20. The van der Waals surface area contributed by atoms with Gasteiger partial charge in [0.15, 0.2) is 0 Å². The fourth-order valence-electron chi connectivity index (χ4n) is 2.57. The monoisotopic (exact) mass is 342 g/mol. The molecule has 0 spiro atoms. The summed E-state index contributed by atoms with van der Waals surface area (Å²) in [6, 6.07) is 6.27. The number of ether oxygens (including phenoxy) is 1. The van der Waals surface area contributed by atoms with Gasteiger partial charge in [0.2, 0.25) is 0 Å². The maximum absolute atomic E-state index is 11.2. The molecule has 0 atom stereocenters. The summed E-state index contributed by atoms with van der Waals surface area (Å²) in [5, 5.41) is 29.3. The average molecular weight is 342 g/mol. The first kappa shape index (κ1) is 18.4. The van der Waals surface area contributed by atoms with Crippen LogP contribution in [-0.2, 0) is 6.42 Å². The second-order valence-corrected chi connectivity index (χ2v) is 6.29. The van der Waals surface area contributed by atoms with E-state index in [1.54, 1.807) is 25.1 Å². The van der Waals surface area contributed by atoms with Crippen LogP contribution in [0.4, 0.5) is 0 Å². The van der Waals surface area contributed by atoms with Crippen LogP contribution < -0.4 is 4.74 Å². The van der Waals surface area contributed by atoms with Gasteiger partial charge in [-0.3, -0.25) is 0 Å². The van der Waals surface area contributed by atoms with Crippen LogP contribution in [0.15, 0.2) is 35.9 Å². The van der Waals surface area contributed by atoms with E-state index in [1.165, 1.54) is 6.07 Å². The largest absolute Gasteiger partial charge is 0.508 e. The zero-order chi connectivity index (χ0) is 18.7. The van der Waals surface area contributed by atoms with Gasteiger partial charge < -0.3 is 20.1 Å². The van der Waals surface area contributed by atoms with Crippen LogP contribution in [-0.4, -0.2) is 21.3 Å². The minimum Gasteiger partial charge on any atom is -0.508 e. The Hall–Kier alpha value is -2.95. The first-order chi connectivity index (χ1) is 11.7. The molecule has 2 rings (SSSR count). The highest BCUT2D eigenvalue weighted by Gasteiger charge is 2.17. The van der Waals surface area contributed by atoms with Crippen LogP contribution in [0.5, 0.6) is 23.0 Å². The molecule has 3 N–H and O–H groups in total. The molecule has 0 saturated heterocycles. The Morgan fingerprint density at radius 2 is 1.76 bits per heavy atom. The summed E-state index contributed by atoms with van der Waals surface area (Å²) in [6.07, 6.45) is 2.48. The Labute approximate surface area is 146 Å². The zero-order valence-corrected chi connectivity index (χ0v) is 14.8. The highest BCUT2D eigenvalue weighted by Crippen LogP contribution is 2.36. The first-order valence-electron chi connectivity index (χ1n) is 7.89. The van der Waals surface area contributed by atoms with Crippen LogP contribution in [0.25, 0.3) is 0 Å². The van der Waals surface area contributed by atoms with Crippen molar-refractivity contribution < 1.29 is 24.9 Å². The topological polar surface area (TPSA) is 87.0 Å². The van der Waals surface area contributed by atoms with Crippen LogP contribution in [0.3, 0.4) is 0 Å². The standard InChI is InChI=1S/C20H22O5/c1-11(2)5-6-15-16(21)7-12(3)8-18(15)25-14-9-13(4)19(20(23)24)17(22)10-14/h5,7-10,21-22H,6H2,1-4H3,(H,23,24). The number of hydrogen-bond acceptors (Lipinski definition) is 4. The van der Waals surface area contributed by atoms with Crippen molar-refractivity contribution in [2.45, 2.75) is 34.1 Å². The number of benzene rings is 2. The lowest BCUT2D eigenvalue weighted by Gasteiger charge is -2.15. The normalized spacial score (nSPS) is 10.4. The number of carbonyl (C=O) groups is 1. The summed E-state index contributed by atoms with van der Waals surface area (Å²) in [4.78, 5) is 11.2. The van der Waals surface area contributed by atoms with Gasteiger partial charge in [-0.15, -0.1) is 0 Å². The predicted molar refractivity (Wildman–Crippen MR) is 95.9 cm³/mol. The summed E-state index contributed by atoms with van der Waals surface area (Å²) in [5.41, 5.74) is 2.82. The Kier molecular flexibility index (Phi) is 5.37. The Morgan fingerprint density at radius 1 is 1.08 bits per heavy atom. The van der Waals surface area contributed by atoms with E-state index in [4.69, 9.17) is 9.84 Å². The summed E-state index contributed by atoms with van der Waals surface area (Å²) >= 11 is 0. The van der Waals surface area contributed by atoms with Gasteiger partial charge in [0, 0.05) is 11.6 Å². The van der Waals surface area contributed by atoms with E-state index in [2.05, 4.69) is 0 Å². The smallest absolute Gasteiger partial charge is 0.339 e. The first-order valence-corrected chi connectivity index (χ1v) is 7.89. The van der Waals surface area contributed by atoms with Gasteiger partial charge >= 0.3 is 5.97 Å². The number of aromatic carboxylic acids is 1. The average Bonchev–Trinajstić information content (AvgIpc) is 2.44. The molecule has 2 aromatic rings. The van der Waals surface area contributed by atoms with Crippen LogP contribution in [0.1, 0.15) is 40.9 Å². The summed E-state index contributed by atoms with van der Waals surface area (Å²) in [5.74, 6) is -0.639. The lowest BCUT2D eigenvalue weighted by atomic mass is 10.0. The van der Waals surface area contributed by atoms with Crippen molar-refractivity contribution in [2.75, 3.05) is 0 Å². The van der Waals surface area contributed by atoms with E-state index in [-0.39, 0.29) is 17.1 Å². The van der Waals surface area contributed by atoms with E-state index in [0.717, 1.165) is 11.1 Å². The van der Waals surface area contributed by atoms with E-state index in [9.17, 15) is 15.0 Å². The van der Waals surface area contributed by atoms with Crippen molar-refractivity contribution in [2.24, 2.45) is 0 Å². The third kappa shape index (κ3) is 4.32. The van der Waals surface area contributed by atoms with Gasteiger partial charge in [-0.25, -0.2) is 4.79 Å². The number of rotatable bonds is 5. The molecule has 0 aromatic heterocycles. The van der Waals surface area contributed by atoms with Gasteiger partial charge in [0.25, 0.3) is 0 Å². The van der Waals surface area contributed by atoms with E-state index >= 15 is 0 Å². The highest BCUT2D eigenvalue weighted by molar-refractivity contribution is 5.92. The number of carboxylic acid groups (broad SMARTS) is 1. The molecular weight excluding hydrogens is 320 g/mol. The van der Waals surface area contributed by atoms with Crippen molar-refractivity contribution >= 4 is 5.97 Å². The number of carboxylic acids is 1. The summed E-state index contributed by atoms with van der Waals surface area (Å²) in [6.45, 7) is 7.37. The molecule has 0 bridgehead atoms. The molecular formula is C20H22O5. The number of aryl methyl sites for hydroxylation is 2. The molecule has 5 heteroatoms. The Morgan fingerprint density at radius 3 is 2.32 bits per heavy atom. The van der Waals surface area contributed by atoms with Crippen molar-refractivity contribution in [1.82, 2.24) is 0 Å². The molecule has 132 valence electrons. The van der Waals surface area contributed by atoms with Crippen molar-refractivity contribution in [3.05, 3.63) is 58.2 Å². The minimum absolute atomic E-state index is 0.135. The Balaban J connectivity index is 2.46. The highest BCUT2D eigenvalue weighted by atomic mass is 16.5. The third-order valence-corrected chi connectivity index (χ3v) is 3.77. The molecule has 0 aliphatic rings. The third-order valence-electron chi connectivity index (χ3n) is 3.77. The molecule has 0 aliphatic heterocycles. The molecule has 0 heterocycles. The van der Waals surface area contributed by atoms with Crippen molar-refractivity contribution in [3.63, 3.8) is 0 Å². The maximum atomic E-state index is 11.2. The fraction of sp³-hybridized carbons (Fsp3) is 0.250. The molecule has 0 radical (unpaired) electrons.